The van der Waals surface area contributed by atoms with Crippen LogP contribution in [-0.4, -0.2) is 21.8 Å². The number of hydrogen-bond donors (Lipinski definition) is 0. The van der Waals surface area contributed by atoms with Crippen LogP contribution in [0, 0.1) is 0 Å². The van der Waals surface area contributed by atoms with Gasteiger partial charge in [-0.05, 0) is 12.8 Å². The van der Waals surface area contributed by atoms with E-state index in [0.29, 0.717) is 13.2 Å². The lowest BCUT2D eigenvalue weighted by Gasteiger charge is -2.28. The van der Waals surface area contributed by atoms with Crippen LogP contribution in [0.4, 0.5) is 0 Å². The zero-order valence-electron chi connectivity index (χ0n) is 13.7. The molecule has 0 fully saturated rings. The maximum Gasteiger partial charge on any atom is 0.470 e. The van der Waals surface area contributed by atoms with Gasteiger partial charge in [0.25, 0.3) is 0 Å². The van der Waals surface area contributed by atoms with Crippen LogP contribution in [0.3, 0.4) is 0 Å². The van der Waals surface area contributed by atoms with E-state index in [2.05, 4.69) is 0 Å². The van der Waals surface area contributed by atoms with Crippen LogP contribution in [0.25, 0.3) is 0 Å². The summed E-state index contributed by atoms with van der Waals surface area (Å²) in [6, 6.07) is 19.7. The summed E-state index contributed by atoms with van der Waals surface area (Å²) in [4.78, 5) is 10.9. The molecule has 2 aromatic carbocycles. The highest BCUT2D eigenvalue weighted by Crippen LogP contribution is 2.12. The van der Waals surface area contributed by atoms with Gasteiger partial charge < -0.3 is 0 Å². The maximum absolute atomic E-state index is 5.88. The van der Waals surface area contributed by atoms with Gasteiger partial charge >= 0.3 is 8.56 Å². The van der Waals surface area contributed by atoms with Crippen LogP contribution in [0.5, 0.6) is 0 Å². The standard InChI is InChI=1S/C18H24O4Si/c1-3-15-19-21-23(22-20-16-4-2,17-11-7-5-8-12-17)18-13-9-6-10-14-18/h5-14H,3-4,15-16H2,1-2H3. The number of hydrogen-bond acceptors (Lipinski definition) is 4. The van der Waals surface area contributed by atoms with Gasteiger partial charge in [0.2, 0.25) is 0 Å². The van der Waals surface area contributed by atoms with E-state index < -0.39 is 8.56 Å². The molecule has 5 heteroatoms. The highest BCUT2D eigenvalue weighted by Gasteiger charge is 2.46. The molecule has 0 spiro atoms. The monoisotopic (exact) mass is 332 g/mol. The average Bonchev–Trinajstić information content (AvgIpc) is 2.62. The van der Waals surface area contributed by atoms with E-state index in [9.17, 15) is 0 Å². The molecular formula is C18H24O4Si. The van der Waals surface area contributed by atoms with Crippen molar-refractivity contribution >= 4 is 18.9 Å². The summed E-state index contributed by atoms with van der Waals surface area (Å²) in [5.74, 6) is 0. The summed E-state index contributed by atoms with van der Waals surface area (Å²) in [5.41, 5.74) is 0. The first-order chi connectivity index (χ1) is 11.3. The van der Waals surface area contributed by atoms with Gasteiger partial charge in [0, 0.05) is 10.4 Å². The topological polar surface area (TPSA) is 36.9 Å². The van der Waals surface area contributed by atoms with Crippen molar-refractivity contribution in [2.45, 2.75) is 26.7 Å². The Morgan fingerprint density at radius 1 is 0.652 bits per heavy atom. The molecule has 2 aromatic rings. The van der Waals surface area contributed by atoms with Crippen molar-refractivity contribution in [3.05, 3.63) is 60.7 Å². The predicted molar refractivity (Wildman–Crippen MR) is 92.6 cm³/mol. The van der Waals surface area contributed by atoms with Gasteiger partial charge in [0.05, 0.1) is 13.2 Å². The Kier molecular flexibility index (Phi) is 7.44. The van der Waals surface area contributed by atoms with Crippen LogP contribution in [0.15, 0.2) is 60.7 Å². The van der Waals surface area contributed by atoms with Gasteiger partial charge in [0.15, 0.2) is 0 Å². The summed E-state index contributed by atoms with van der Waals surface area (Å²) in [5, 5.41) is 1.89. The highest BCUT2D eigenvalue weighted by atomic mass is 28.4. The number of benzene rings is 2. The second-order valence-electron chi connectivity index (χ2n) is 5.16. The lowest BCUT2D eigenvalue weighted by atomic mass is 10.4. The fourth-order valence-corrected chi connectivity index (χ4v) is 4.61. The number of rotatable bonds is 10. The molecule has 0 aliphatic rings. The van der Waals surface area contributed by atoms with E-state index >= 15 is 0 Å². The van der Waals surface area contributed by atoms with Crippen molar-refractivity contribution in [3.63, 3.8) is 0 Å². The molecule has 0 saturated heterocycles. The maximum atomic E-state index is 5.88. The molecule has 2 rings (SSSR count). The minimum atomic E-state index is -3.07. The van der Waals surface area contributed by atoms with E-state index in [1.807, 2.05) is 74.5 Å². The van der Waals surface area contributed by atoms with Gasteiger partial charge in [-0.2, -0.15) is 0 Å². The largest absolute Gasteiger partial charge is 0.470 e. The molecule has 0 aliphatic carbocycles. The van der Waals surface area contributed by atoms with E-state index in [1.165, 1.54) is 0 Å². The van der Waals surface area contributed by atoms with Crippen LogP contribution >= 0.6 is 0 Å². The molecule has 0 N–H and O–H groups in total. The van der Waals surface area contributed by atoms with Crippen LogP contribution in [0.1, 0.15) is 26.7 Å². The third kappa shape index (κ3) is 4.73. The van der Waals surface area contributed by atoms with E-state index in [-0.39, 0.29) is 0 Å². The van der Waals surface area contributed by atoms with Crippen LogP contribution in [0.2, 0.25) is 0 Å². The fraction of sp³-hybridized carbons (Fsp3) is 0.333. The summed E-state index contributed by atoms with van der Waals surface area (Å²) >= 11 is 0. The van der Waals surface area contributed by atoms with Crippen molar-refractivity contribution in [1.82, 2.24) is 0 Å². The first kappa shape index (κ1) is 17.8. The smallest absolute Gasteiger partial charge is 0.244 e. The lowest BCUT2D eigenvalue weighted by molar-refractivity contribution is -0.285. The van der Waals surface area contributed by atoms with Gasteiger partial charge in [-0.3, -0.25) is 0 Å². The van der Waals surface area contributed by atoms with Crippen molar-refractivity contribution in [2.24, 2.45) is 0 Å². The molecule has 0 aromatic heterocycles. The average molecular weight is 332 g/mol. The van der Waals surface area contributed by atoms with Crippen molar-refractivity contribution in [2.75, 3.05) is 13.2 Å². The normalized spacial score (nSPS) is 11.6. The molecular weight excluding hydrogens is 308 g/mol. The van der Waals surface area contributed by atoms with Gasteiger partial charge in [-0.15, -0.1) is 0 Å². The lowest BCUT2D eigenvalue weighted by Crippen LogP contribution is -2.63. The Balaban J connectivity index is 2.39. The highest BCUT2D eigenvalue weighted by molar-refractivity contribution is 6.92. The van der Waals surface area contributed by atoms with Gasteiger partial charge in [-0.1, -0.05) is 74.5 Å². The summed E-state index contributed by atoms with van der Waals surface area (Å²) in [7, 11) is -3.07. The Hall–Kier alpha value is -1.50. The Morgan fingerprint density at radius 3 is 1.39 bits per heavy atom. The Bertz CT molecular complexity index is 496. The molecule has 4 nitrogen and oxygen atoms in total. The van der Waals surface area contributed by atoms with E-state index in [1.54, 1.807) is 0 Å². The summed E-state index contributed by atoms with van der Waals surface area (Å²) in [6.45, 7) is 5.08. The minimum absolute atomic E-state index is 0.506. The molecule has 0 aliphatic heterocycles. The van der Waals surface area contributed by atoms with Crippen molar-refractivity contribution in [3.8, 4) is 0 Å². The molecule has 0 unspecified atom stereocenters. The van der Waals surface area contributed by atoms with Crippen LogP contribution in [-0.2, 0) is 18.9 Å². The Morgan fingerprint density at radius 2 is 1.04 bits per heavy atom. The second kappa shape index (κ2) is 9.59. The third-order valence-corrected chi connectivity index (χ3v) is 6.13. The molecule has 0 amide bonds. The minimum Gasteiger partial charge on any atom is -0.244 e. The third-order valence-electron chi connectivity index (χ3n) is 3.24. The molecule has 0 bridgehead atoms. The molecule has 0 radical (unpaired) electrons. The van der Waals surface area contributed by atoms with Crippen molar-refractivity contribution < 1.29 is 18.9 Å². The summed E-state index contributed by atoms with van der Waals surface area (Å²) < 4.78 is 11.8. The van der Waals surface area contributed by atoms with E-state index in [4.69, 9.17) is 18.9 Å². The van der Waals surface area contributed by atoms with Crippen molar-refractivity contribution in [1.29, 1.82) is 0 Å². The first-order valence-corrected chi connectivity index (χ1v) is 9.87. The predicted octanol–water partition coefficient (Wildman–Crippen LogP) is 2.96. The molecule has 0 atom stereocenters. The van der Waals surface area contributed by atoms with Gasteiger partial charge in [0.1, 0.15) is 0 Å². The van der Waals surface area contributed by atoms with Gasteiger partial charge in [-0.25, -0.2) is 18.9 Å². The van der Waals surface area contributed by atoms with Crippen LogP contribution < -0.4 is 10.4 Å². The zero-order chi connectivity index (χ0) is 16.4. The Labute approximate surface area is 139 Å². The fourth-order valence-electron chi connectivity index (χ4n) is 2.10. The second-order valence-corrected chi connectivity index (χ2v) is 7.88. The molecule has 124 valence electrons. The molecule has 23 heavy (non-hydrogen) atoms. The quantitative estimate of drug-likeness (QED) is 0.290. The first-order valence-electron chi connectivity index (χ1n) is 8.05. The summed E-state index contributed by atoms with van der Waals surface area (Å²) in [6.07, 6.45) is 1.73. The zero-order valence-corrected chi connectivity index (χ0v) is 14.7. The van der Waals surface area contributed by atoms with E-state index in [0.717, 1.165) is 23.2 Å². The molecule has 0 saturated carbocycles. The molecule has 0 heterocycles. The SMILES string of the molecule is CCCOO[Si](OOCCC)(c1ccccc1)c1ccccc1.